The third-order valence-corrected chi connectivity index (χ3v) is 4.45. The Balaban J connectivity index is 1.58. The molecule has 6 nitrogen and oxygen atoms in total. The van der Waals surface area contributed by atoms with Crippen molar-refractivity contribution in [2.75, 3.05) is 0 Å². The maximum absolute atomic E-state index is 13.8. The molecule has 0 spiro atoms. The van der Waals surface area contributed by atoms with Crippen LogP contribution in [0.2, 0.25) is 0 Å². The van der Waals surface area contributed by atoms with E-state index in [0.717, 1.165) is 23.6 Å². The first-order chi connectivity index (χ1) is 12.2. The monoisotopic (exact) mass is 340 g/mol. The van der Waals surface area contributed by atoms with Gasteiger partial charge in [-0.25, -0.2) is 9.37 Å². The number of phenolic OH excluding ortho intramolecular Hbond substituents is 1. The Morgan fingerprint density at radius 1 is 1.08 bits per heavy atom. The van der Waals surface area contributed by atoms with E-state index in [-0.39, 0.29) is 11.8 Å². The molecule has 2 heterocycles. The van der Waals surface area contributed by atoms with Gasteiger partial charge < -0.3 is 9.84 Å². The first kappa shape index (κ1) is 15.7. The molecule has 0 radical (unpaired) electrons. The van der Waals surface area contributed by atoms with Crippen molar-refractivity contribution in [3.8, 4) is 23.0 Å². The molecule has 1 saturated carbocycles. The highest BCUT2D eigenvalue weighted by atomic mass is 19.1. The molecule has 0 unspecified atom stereocenters. The first-order valence-electron chi connectivity index (χ1n) is 8.28. The van der Waals surface area contributed by atoms with Gasteiger partial charge in [-0.2, -0.15) is 0 Å². The zero-order valence-corrected chi connectivity index (χ0v) is 13.5. The van der Waals surface area contributed by atoms with Crippen LogP contribution in [-0.4, -0.2) is 37.5 Å². The maximum Gasteiger partial charge on any atom is 0.336 e. The van der Waals surface area contributed by atoms with E-state index in [1.807, 2.05) is 6.07 Å². The first-order valence-corrected chi connectivity index (χ1v) is 8.28. The van der Waals surface area contributed by atoms with E-state index in [1.54, 1.807) is 24.5 Å². The van der Waals surface area contributed by atoms with Crippen LogP contribution in [0.5, 0.6) is 11.8 Å². The Labute approximate surface area is 143 Å². The molecule has 2 aromatic heterocycles. The molecule has 4 rings (SSSR count). The van der Waals surface area contributed by atoms with Gasteiger partial charge in [0.1, 0.15) is 23.7 Å². The molecule has 1 fully saturated rings. The predicted molar refractivity (Wildman–Crippen MR) is 90.0 cm³/mol. The molecule has 1 N–H and O–H groups in total. The molecule has 7 heteroatoms. The lowest BCUT2D eigenvalue weighted by Gasteiger charge is -2.25. The molecular weight excluding hydrogens is 323 g/mol. The van der Waals surface area contributed by atoms with Crippen LogP contribution in [0.1, 0.15) is 25.7 Å². The van der Waals surface area contributed by atoms with Crippen molar-refractivity contribution in [2.24, 2.45) is 0 Å². The number of aromatic hydroxyl groups is 1. The van der Waals surface area contributed by atoms with Crippen LogP contribution in [0.3, 0.4) is 0 Å². The molecule has 1 aliphatic rings. The van der Waals surface area contributed by atoms with Gasteiger partial charge >= 0.3 is 6.01 Å². The Hall–Kier alpha value is -2.83. The van der Waals surface area contributed by atoms with E-state index in [9.17, 15) is 9.50 Å². The number of alkyl halides is 1. The smallest absolute Gasteiger partial charge is 0.336 e. The van der Waals surface area contributed by atoms with Gasteiger partial charge in [0, 0.05) is 23.3 Å². The summed E-state index contributed by atoms with van der Waals surface area (Å²) in [5.74, 6) is 0.0707. The highest BCUT2D eigenvalue weighted by Gasteiger charge is 2.27. The summed E-state index contributed by atoms with van der Waals surface area (Å²) in [4.78, 5) is 8.15. The molecule has 0 bridgehead atoms. The minimum absolute atomic E-state index is 0.0581. The quantitative estimate of drug-likeness (QED) is 0.786. The van der Waals surface area contributed by atoms with Gasteiger partial charge in [0.15, 0.2) is 0 Å². The van der Waals surface area contributed by atoms with Gasteiger partial charge in [-0.15, -0.1) is 5.10 Å². The second-order valence-corrected chi connectivity index (χ2v) is 6.17. The van der Waals surface area contributed by atoms with E-state index in [0.29, 0.717) is 24.1 Å². The number of hydrogen-bond acceptors (Lipinski definition) is 6. The Bertz CT molecular complexity index is 888. The number of phenols is 1. The van der Waals surface area contributed by atoms with Crippen LogP contribution >= 0.6 is 0 Å². The van der Waals surface area contributed by atoms with Crippen LogP contribution < -0.4 is 4.74 Å². The van der Waals surface area contributed by atoms with Gasteiger partial charge in [0.2, 0.25) is 0 Å². The molecule has 0 amide bonds. The fourth-order valence-electron chi connectivity index (χ4n) is 3.09. The van der Waals surface area contributed by atoms with Crippen molar-refractivity contribution in [1.82, 2.24) is 20.2 Å². The van der Waals surface area contributed by atoms with Crippen molar-refractivity contribution in [1.29, 1.82) is 0 Å². The SMILES string of the molecule is Oc1cc2cnccc2cc1-c1cnc(O[C@@H]2CCCC[C@H]2F)nn1. The average Bonchev–Trinajstić information content (AvgIpc) is 2.64. The molecule has 2 atom stereocenters. The summed E-state index contributed by atoms with van der Waals surface area (Å²) in [5.41, 5.74) is 0.940. The number of halogens is 1. The summed E-state index contributed by atoms with van der Waals surface area (Å²) in [5, 5.41) is 20.0. The van der Waals surface area contributed by atoms with Crippen LogP contribution in [0.4, 0.5) is 4.39 Å². The lowest BCUT2D eigenvalue weighted by Crippen LogP contribution is -2.32. The van der Waals surface area contributed by atoms with E-state index < -0.39 is 12.3 Å². The number of benzene rings is 1. The summed E-state index contributed by atoms with van der Waals surface area (Å²) in [6, 6.07) is 5.33. The predicted octanol–water partition coefficient (Wildman–Crippen LogP) is 3.45. The lowest BCUT2D eigenvalue weighted by molar-refractivity contribution is 0.0553. The standard InChI is InChI=1S/C18H17FN4O2/c19-14-3-1-2-4-17(14)25-18-21-10-15(22-23-18)13-7-11-5-6-20-9-12(11)8-16(13)24/h5-10,14,17,24H,1-4H2/t14-,17-/m1/s1. The summed E-state index contributed by atoms with van der Waals surface area (Å²) in [7, 11) is 0. The lowest BCUT2D eigenvalue weighted by atomic mass is 9.96. The third-order valence-electron chi connectivity index (χ3n) is 4.45. The molecule has 128 valence electrons. The zero-order chi connectivity index (χ0) is 17.2. The van der Waals surface area contributed by atoms with Gasteiger partial charge in [0.25, 0.3) is 0 Å². The number of nitrogens with zero attached hydrogens (tertiary/aromatic N) is 4. The number of hydrogen-bond donors (Lipinski definition) is 1. The largest absolute Gasteiger partial charge is 0.507 e. The van der Waals surface area contributed by atoms with Crippen molar-refractivity contribution in [2.45, 2.75) is 38.0 Å². The molecule has 0 saturated heterocycles. The van der Waals surface area contributed by atoms with Gasteiger partial charge in [-0.05, 0) is 42.8 Å². The highest BCUT2D eigenvalue weighted by Crippen LogP contribution is 2.32. The minimum Gasteiger partial charge on any atom is -0.507 e. The summed E-state index contributed by atoms with van der Waals surface area (Å²) in [6.07, 6.45) is 6.32. The highest BCUT2D eigenvalue weighted by molar-refractivity contribution is 5.89. The van der Waals surface area contributed by atoms with E-state index in [1.165, 1.54) is 6.20 Å². The molecule has 1 aliphatic carbocycles. The fraction of sp³-hybridized carbons (Fsp3) is 0.333. The van der Waals surface area contributed by atoms with Crippen molar-refractivity contribution in [3.05, 3.63) is 36.8 Å². The van der Waals surface area contributed by atoms with Crippen LogP contribution in [0, 0.1) is 0 Å². The summed E-state index contributed by atoms with van der Waals surface area (Å²) >= 11 is 0. The zero-order valence-electron chi connectivity index (χ0n) is 13.5. The molecule has 0 aliphatic heterocycles. The second kappa shape index (κ2) is 6.58. The Morgan fingerprint density at radius 3 is 2.76 bits per heavy atom. The maximum atomic E-state index is 13.8. The summed E-state index contributed by atoms with van der Waals surface area (Å²) in [6.45, 7) is 0. The third kappa shape index (κ3) is 3.22. The average molecular weight is 340 g/mol. The molecule has 3 aromatic rings. The number of ether oxygens (including phenoxy) is 1. The minimum atomic E-state index is -0.991. The number of pyridine rings is 1. The topological polar surface area (TPSA) is 81.0 Å². The van der Waals surface area contributed by atoms with Crippen LogP contribution in [0.15, 0.2) is 36.8 Å². The van der Waals surface area contributed by atoms with E-state index in [2.05, 4.69) is 20.2 Å². The van der Waals surface area contributed by atoms with Crippen molar-refractivity contribution >= 4 is 10.8 Å². The van der Waals surface area contributed by atoms with Gasteiger partial charge in [0.05, 0.1) is 6.20 Å². The van der Waals surface area contributed by atoms with Gasteiger partial charge in [-0.3, -0.25) is 4.98 Å². The Kier molecular flexibility index (Phi) is 4.13. The van der Waals surface area contributed by atoms with E-state index >= 15 is 0 Å². The van der Waals surface area contributed by atoms with E-state index in [4.69, 9.17) is 4.74 Å². The van der Waals surface area contributed by atoms with Crippen LogP contribution in [0.25, 0.3) is 22.0 Å². The fourth-order valence-corrected chi connectivity index (χ4v) is 3.09. The number of aromatic nitrogens is 4. The summed E-state index contributed by atoms with van der Waals surface area (Å²) < 4.78 is 19.4. The molecule has 1 aromatic carbocycles. The number of rotatable bonds is 3. The molecule has 25 heavy (non-hydrogen) atoms. The van der Waals surface area contributed by atoms with Crippen molar-refractivity contribution < 1.29 is 14.2 Å². The normalized spacial score (nSPS) is 20.5. The van der Waals surface area contributed by atoms with Crippen LogP contribution in [-0.2, 0) is 0 Å². The molecular formula is C18H17FN4O2. The number of fused-ring (bicyclic) bond motifs is 1. The van der Waals surface area contributed by atoms with Gasteiger partial charge in [-0.1, -0.05) is 11.5 Å². The second-order valence-electron chi connectivity index (χ2n) is 6.17. The Morgan fingerprint density at radius 2 is 1.96 bits per heavy atom. The van der Waals surface area contributed by atoms with Crippen molar-refractivity contribution in [3.63, 3.8) is 0 Å².